The number of hydrogen-bond donors (Lipinski definition) is 2. The Bertz CT molecular complexity index is 650. The molecule has 0 spiro atoms. The van der Waals surface area contributed by atoms with Crippen molar-refractivity contribution in [2.24, 2.45) is 0 Å². The van der Waals surface area contributed by atoms with Crippen LogP contribution in [0.25, 0.3) is 11.2 Å². The molecule has 0 unspecified atom stereocenters. The van der Waals surface area contributed by atoms with E-state index in [4.69, 9.17) is 17.0 Å². The molecule has 3 heterocycles. The van der Waals surface area contributed by atoms with Crippen LogP contribution >= 0.6 is 12.2 Å². The summed E-state index contributed by atoms with van der Waals surface area (Å²) in [6.07, 6.45) is 3.58. The van der Waals surface area contributed by atoms with Crippen LogP contribution in [0.2, 0.25) is 0 Å². The SMILES string of the molecule is O=c1c2[nH]cnc2[nH]c(=S)n1C[C@H]1CCCO1. The molecule has 2 aromatic rings. The van der Waals surface area contributed by atoms with E-state index in [1.807, 2.05) is 0 Å². The lowest BCUT2D eigenvalue weighted by Crippen LogP contribution is -2.28. The van der Waals surface area contributed by atoms with Crippen molar-refractivity contribution in [2.75, 3.05) is 6.61 Å². The van der Waals surface area contributed by atoms with Crippen molar-refractivity contribution in [3.05, 3.63) is 21.5 Å². The Labute approximate surface area is 102 Å². The molecule has 6 nitrogen and oxygen atoms in total. The molecule has 1 atom stereocenters. The second kappa shape index (κ2) is 4.08. The maximum atomic E-state index is 12.1. The first-order chi connectivity index (χ1) is 8.25. The fraction of sp³-hybridized carbons (Fsp3) is 0.500. The monoisotopic (exact) mass is 252 g/mol. The predicted molar refractivity (Wildman–Crippen MR) is 64.5 cm³/mol. The van der Waals surface area contributed by atoms with Crippen LogP contribution in [0.4, 0.5) is 0 Å². The van der Waals surface area contributed by atoms with Gasteiger partial charge in [-0.3, -0.25) is 9.36 Å². The summed E-state index contributed by atoms with van der Waals surface area (Å²) in [5, 5.41) is 0. The molecule has 0 saturated carbocycles. The first-order valence-corrected chi connectivity index (χ1v) is 5.94. The predicted octanol–water partition coefficient (Wildman–Crippen LogP) is 0.961. The van der Waals surface area contributed by atoms with Crippen LogP contribution in [0.5, 0.6) is 0 Å². The van der Waals surface area contributed by atoms with E-state index < -0.39 is 0 Å². The molecule has 17 heavy (non-hydrogen) atoms. The Balaban J connectivity index is 2.08. The van der Waals surface area contributed by atoms with Crippen LogP contribution in [-0.2, 0) is 11.3 Å². The highest BCUT2D eigenvalue weighted by Gasteiger charge is 2.18. The van der Waals surface area contributed by atoms with E-state index >= 15 is 0 Å². The summed E-state index contributed by atoms with van der Waals surface area (Å²) in [6, 6.07) is 0. The number of aromatic nitrogens is 4. The van der Waals surface area contributed by atoms with E-state index in [1.165, 1.54) is 10.9 Å². The highest BCUT2D eigenvalue weighted by Crippen LogP contribution is 2.13. The van der Waals surface area contributed by atoms with Gasteiger partial charge in [-0.15, -0.1) is 0 Å². The van der Waals surface area contributed by atoms with Gasteiger partial charge in [-0.1, -0.05) is 0 Å². The maximum absolute atomic E-state index is 12.1. The van der Waals surface area contributed by atoms with E-state index in [1.54, 1.807) is 0 Å². The van der Waals surface area contributed by atoms with Crippen LogP contribution in [0, 0.1) is 4.77 Å². The van der Waals surface area contributed by atoms with Gasteiger partial charge in [-0.05, 0) is 25.1 Å². The third kappa shape index (κ3) is 1.81. The lowest BCUT2D eigenvalue weighted by molar-refractivity contribution is 0.0957. The zero-order chi connectivity index (χ0) is 11.8. The van der Waals surface area contributed by atoms with Crippen molar-refractivity contribution >= 4 is 23.4 Å². The average Bonchev–Trinajstić information content (AvgIpc) is 2.94. The fourth-order valence-corrected chi connectivity index (χ4v) is 2.36. The van der Waals surface area contributed by atoms with Crippen molar-refractivity contribution in [1.82, 2.24) is 19.5 Å². The van der Waals surface area contributed by atoms with Crippen LogP contribution in [0.1, 0.15) is 12.8 Å². The number of fused-ring (bicyclic) bond motifs is 1. The summed E-state index contributed by atoms with van der Waals surface area (Å²) < 4.78 is 7.44. The molecule has 1 fully saturated rings. The van der Waals surface area contributed by atoms with Gasteiger partial charge in [0.05, 0.1) is 19.0 Å². The summed E-state index contributed by atoms with van der Waals surface area (Å²) >= 11 is 5.17. The molecule has 90 valence electrons. The molecule has 0 aromatic carbocycles. The molecule has 1 aliphatic heterocycles. The molecule has 1 saturated heterocycles. The number of hydrogen-bond acceptors (Lipinski definition) is 4. The highest BCUT2D eigenvalue weighted by atomic mass is 32.1. The second-order valence-electron chi connectivity index (χ2n) is 4.11. The van der Waals surface area contributed by atoms with Gasteiger partial charge in [-0.2, -0.15) is 0 Å². The molecule has 2 N–H and O–H groups in total. The van der Waals surface area contributed by atoms with Crippen molar-refractivity contribution < 1.29 is 4.74 Å². The van der Waals surface area contributed by atoms with Crippen molar-refractivity contribution in [2.45, 2.75) is 25.5 Å². The zero-order valence-corrected chi connectivity index (χ0v) is 9.92. The summed E-state index contributed by atoms with van der Waals surface area (Å²) in [4.78, 5) is 21.9. The Morgan fingerprint density at radius 3 is 3.29 bits per heavy atom. The van der Waals surface area contributed by atoms with Crippen LogP contribution in [0.15, 0.2) is 11.1 Å². The van der Waals surface area contributed by atoms with Crippen LogP contribution in [0.3, 0.4) is 0 Å². The largest absolute Gasteiger partial charge is 0.376 e. The third-order valence-corrected chi connectivity index (χ3v) is 3.30. The molecule has 0 bridgehead atoms. The first-order valence-electron chi connectivity index (χ1n) is 5.53. The molecular weight excluding hydrogens is 240 g/mol. The van der Waals surface area contributed by atoms with Crippen molar-refractivity contribution in [1.29, 1.82) is 0 Å². The molecule has 0 aliphatic carbocycles. The minimum atomic E-state index is -0.142. The van der Waals surface area contributed by atoms with Gasteiger partial charge in [-0.25, -0.2) is 4.98 Å². The fourth-order valence-electron chi connectivity index (χ4n) is 2.11. The quantitative estimate of drug-likeness (QED) is 0.781. The smallest absolute Gasteiger partial charge is 0.280 e. The van der Waals surface area contributed by atoms with Crippen molar-refractivity contribution in [3.8, 4) is 0 Å². The van der Waals surface area contributed by atoms with E-state index in [9.17, 15) is 4.79 Å². The number of nitrogens with one attached hydrogen (secondary N) is 2. The van der Waals surface area contributed by atoms with Gasteiger partial charge in [0.25, 0.3) is 5.56 Å². The first kappa shape index (κ1) is 10.7. The van der Waals surface area contributed by atoms with Crippen molar-refractivity contribution in [3.63, 3.8) is 0 Å². The topological polar surface area (TPSA) is 75.7 Å². The zero-order valence-electron chi connectivity index (χ0n) is 9.10. The van der Waals surface area contributed by atoms with Gasteiger partial charge in [0, 0.05) is 6.61 Å². The average molecular weight is 252 g/mol. The summed E-state index contributed by atoms with van der Waals surface area (Å²) in [7, 11) is 0. The second-order valence-corrected chi connectivity index (χ2v) is 4.49. The van der Waals surface area contributed by atoms with E-state index in [0.29, 0.717) is 22.5 Å². The lowest BCUT2D eigenvalue weighted by atomic mass is 10.2. The van der Waals surface area contributed by atoms with Crippen LogP contribution < -0.4 is 5.56 Å². The summed E-state index contributed by atoms with van der Waals surface area (Å²) in [5.41, 5.74) is 0.817. The summed E-state index contributed by atoms with van der Waals surface area (Å²) in [5.74, 6) is 0. The molecule has 0 radical (unpaired) electrons. The minimum absolute atomic E-state index is 0.0863. The Kier molecular flexibility index (Phi) is 2.56. The third-order valence-electron chi connectivity index (χ3n) is 2.98. The van der Waals surface area contributed by atoms with E-state index in [0.717, 1.165) is 19.4 Å². The lowest BCUT2D eigenvalue weighted by Gasteiger charge is -2.11. The van der Waals surface area contributed by atoms with Crippen LogP contribution in [-0.4, -0.2) is 32.2 Å². The van der Waals surface area contributed by atoms with Gasteiger partial charge in [0.1, 0.15) is 5.52 Å². The number of nitrogens with zero attached hydrogens (tertiary/aromatic N) is 2. The van der Waals surface area contributed by atoms with Gasteiger partial charge < -0.3 is 14.7 Å². The minimum Gasteiger partial charge on any atom is -0.376 e. The maximum Gasteiger partial charge on any atom is 0.280 e. The molecular formula is C10H12N4O2S. The molecule has 2 aromatic heterocycles. The number of H-pyrrole nitrogens is 2. The van der Waals surface area contributed by atoms with Gasteiger partial charge >= 0.3 is 0 Å². The Hall–Kier alpha value is -1.47. The number of aromatic amines is 2. The van der Waals surface area contributed by atoms with E-state index in [2.05, 4.69) is 15.0 Å². The number of imidazole rings is 1. The molecule has 3 rings (SSSR count). The Morgan fingerprint density at radius 2 is 2.53 bits per heavy atom. The molecule has 7 heteroatoms. The molecule has 1 aliphatic rings. The standard InChI is InChI=1S/C10H12N4O2S/c15-9-7-8(12-5-11-7)13-10(17)14(9)4-6-2-1-3-16-6/h5-6H,1-4H2,(H,11,12)(H,13,17)/t6-/m1/s1. The molecule has 0 amide bonds. The number of rotatable bonds is 2. The summed E-state index contributed by atoms with van der Waals surface area (Å²) in [6.45, 7) is 1.27. The number of ether oxygens (including phenoxy) is 1. The normalized spacial score (nSPS) is 20.1. The Morgan fingerprint density at radius 1 is 1.65 bits per heavy atom. The van der Waals surface area contributed by atoms with E-state index in [-0.39, 0.29) is 11.7 Å². The highest BCUT2D eigenvalue weighted by molar-refractivity contribution is 7.71. The van der Waals surface area contributed by atoms with Gasteiger partial charge in [0.2, 0.25) is 0 Å². The van der Waals surface area contributed by atoms with Gasteiger partial charge in [0.15, 0.2) is 10.4 Å².